The van der Waals surface area contributed by atoms with Crippen molar-refractivity contribution in [2.45, 2.75) is 6.18 Å². The number of alkyl halides is 3. The van der Waals surface area contributed by atoms with E-state index in [1.165, 1.54) is 0 Å². The van der Waals surface area contributed by atoms with Gasteiger partial charge >= 0.3 is 6.18 Å². The molecule has 0 aliphatic heterocycles. The van der Waals surface area contributed by atoms with Crippen LogP contribution in [-0.4, -0.2) is 15.6 Å². The van der Waals surface area contributed by atoms with Crippen molar-refractivity contribution in [3.63, 3.8) is 0 Å². The Morgan fingerprint density at radius 2 is 1.94 bits per heavy atom. The lowest BCUT2D eigenvalue weighted by Crippen LogP contribution is -2.10. The predicted molar refractivity (Wildman–Crippen MR) is 44.6 cm³/mol. The third-order valence-electron chi connectivity index (χ3n) is 1.87. The van der Waals surface area contributed by atoms with Gasteiger partial charge in [0.05, 0.1) is 5.69 Å². The van der Waals surface area contributed by atoms with E-state index in [1.54, 1.807) is 0 Å². The number of rotatable bonds is 1. The van der Waals surface area contributed by atoms with E-state index < -0.39 is 23.5 Å². The second-order valence-electron chi connectivity index (χ2n) is 3.07. The molecular weight excluding hydrogens is 231 g/mol. The molecule has 0 aliphatic rings. The molecule has 0 saturated heterocycles. The lowest BCUT2D eigenvalue weighted by molar-refractivity contribution is -0.0932. The Balaban J connectivity index is 2.56. The minimum Gasteiger partial charge on any atom is -0.298 e. The Morgan fingerprint density at radius 1 is 1.25 bits per heavy atom. The Bertz CT molecular complexity index is 528. The molecule has 0 spiro atoms. The summed E-state index contributed by atoms with van der Waals surface area (Å²) in [6, 6.07) is 0.555. The van der Waals surface area contributed by atoms with Gasteiger partial charge in [0.2, 0.25) is 0 Å². The van der Waals surface area contributed by atoms with Gasteiger partial charge in [0, 0.05) is 18.5 Å². The van der Waals surface area contributed by atoms with Gasteiger partial charge < -0.3 is 0 Å². The highest BCUT2D eigenvalue weighted by Crippen LogP contribution is 2.24. The highest BCUT2D eigenvalue weighted by atomic mass is 19.4. The maximum absolute atomic E-state index is 13.1. The van der Waals surface area contributed by atoms with Crippen molar-refractivity contribution in [3.8, 4) is 0 Å². The molecule has 0 atom stereocenters. The van der Waals surface area contributed by atoms with Crippen molar-refractivity contribution in [1.29, 1.82) is 0 Å². The van der Waals surface area contributed by atoms with Crippen LogP contribution < -0.4 is 0 Å². The summed E-state index contributed by atoms with van der Waals surface area (Å²) in [7, 11) is 0. The normalized spacial score (nSPS) is 12.3. The number of imidazole rings is 1. The van der Waals surface area contributed by atoms with Crippen LogP contribution in [0.2, 0.25) is 0 Å². The van der Waals surface area contributed by atoms with Crippen LogP contribution in [0.15, 0.2) is 18.5 Å². The number of hydrogen-bond acceptors (Lipinski definition) is 1. The number of aromatic nitrogens is 2. The number of hydrogen-bond donors (Lipinski definition) is 0. The topological polar surface area (TPSA) is 17.3 Å². The zero-order valence-electron chi connectivity index (χ0n) is 7.59. The van der Waals surface area contributed by atoms with E-state index in [1.807, 2.05) is 0 Å². The first kappa shape index (κ1) is 10.8. The minimum atomic E-state index is -4.57. The van der Waals surface area contributed by atoms with Gasteiger partial charge in [0.15, 0.2) is 11.5 Å². The van der Waals surface area contributed by atoms with Gasteiger partial charge in [-0.15, -0.1) is 0 Å². The summed E-state index contributed by atoms with van der Waals surface area (Å²) in [4.78, 5) is 3.43. The summed E-state index contributed by atoms with van der Waals surface area (Å²) in [5.74, 6) is -1.98. The van der Waals surface area contributed by atoms with Crippen LogP contribution in [0.3, 0.4) is 0 Å². The molecule has 2 aromatic heterocycles. The van der Waals surface area contributed by atoms with Crippen LogP contribution in [-0.2, 0) is 0 Å². The zero-order chi connectivity index (χ0) is 11.9. The molecule has 85 valence electrons. The molecular formula is C9H4F5N2. The van der Waals surface area contributed by atoms with E-state index in [4.69, 9.17) is 0 Å². The van der Waals surface area contributed by atoms with Gasteiger partial charge in [0.25, 0.3) is 0 Å². The molecule has 16 heavy (non-hydrogen) atoms. The molecule has 2 rings (SSSR count). The van der Waals surface area contributed by atoms with Crippen molar-refractivity contribution >= 4 is 5.65 Å². The summed E-state index contributed by atoms with van der Waals surface area (Å²) in [6.07, 6.45) is -3.08. The molecule has 2 aromatic rings. The molecule has 2 nitrogen and oxygen atoms in total. The molecule has 7 heteroatoms. The van der Waals surface area contributed by atoms with E-state index in [0.29, 0.717) is 10.5 Å². The van der Waals surface area contributed by atoms with E-state index in [2.05, 4.69) is 4.98 Å². The molecule has 0 bridgehead atoms. The number of nitrogens with zero attached hydrogens (tertiary/aromatic N) is 2. The lowest BCUT2D eigenvalue weighted by Gasteiger charge is -2.05. The fourth-order valence-electron chi connectivity index (χ4n) is 1.31. The number of halogens is 5. The van der Waals surface area contributed by atoms with E-state index in [0.717, 1.165) is 12.4 Å². The summed E-state index contributed by atoms with van der Waals surface area (Å²) in [5, 5.41) is 0. The molecule has 2 heterocycles. The molecule has 0 fully saturated rings. The first-order valence-corrected chi connectivity index (χ1v) is 4.11. The summed E-state index contributed by atoms with van der Waals surface area (Å²) in [6.45, 7) is 0. The molecule has 0 saturated carbocycles. The smallest absolute Gasteiger partial charge is 0.298 e. The van der Waals surface area contributed by atoms with Crippen LogP contribution in [0.25, 0.3) is 5.65 Å². The Morgan fingerprint density at radius 3 is 2.56 bits per heavy atom. The predicted octanol–water partition coefficient (Wildman–Crippen LogP) is 2.73. The van der Waals surface area contributed by atoms with E-state index >= 15 is 0 Å². The SMILES string of the molecule is Fc1cc(F)c2ncc([CH]C(F)(F)F)n2c1. The Kier molecular flexibility index (Phi) is 2.32. The summed E-state index contributed by atoms with van der Waals surface area (Å²) in [5.41, 5.74) is -0.780. The largest absolute Gasteiger partial charge is 0.398 e. The quantitative estimate of drug-likeness (QED) is 0.694. The summed E-state index contributed by atoms with van der Waals surface area (Å²) < 4.78 is 62.8. The average Bonchev–Trinajstić information content (AvgIpc) is 2.46. The van der Waals surface area contributed by atoms with Gasteiger partial charge in [-0.25, -0.2) is 13.8 Å². The third kappa shape index (κ3) is 1.98. The van der Waals surface area contributed by atoms with Crippen molar-refractivity contribution in [2.24, 2.45) is 0 Å². The minimum absolute atomic E-state index is 0.0775. The molecule has 0 aromatic carbocycles. The van der Waals surface area contributed by atoms with Crippen molar-refractivity contribution in [2.75, 3.05) is 0 Å². The van der Waals surface area contributed by atoms with Crippen molar-refractivity contribution in [1.82, 2.24) is 9.38 Å². The summed E-state index contributed by atoms with van der Waals surface area (Å²) >= 11 is 0. The van der Waals surface area contributed by atoms with Crippen LogP contribution in [0, 0.1) is 18.1 Å². The highest BCUT2D eigenvalue weighted by Gasteiger charge is 2.30. The highest BCUT2D eigenvalue weighted by molar-refractivity contribution is 5.43. The fraction of sp³-hybridized carbons (Fsp3) is 0.111. The lowest BCUT2D eigenvalue weighted by atomic mass is 10.3. The molecule has 0 aliphatic carbocycles. The van der Waals surface area contributed by atoms with Gasteiger partial charge in [-0.3, -0.25) is 4.40 Å². The van der Waals surface area contributed by atoms with Crippen LogP contribution >= 0.6 is 0 Å². The van der Waals surface area contributed by atoms with E-state index in [-0.39, 0.29) is 12.1 Å². The molecule has 0 N–H and O–H groups in total. The second kappa shape index (κ2) is 3.43. The van der Waals surface area contributed by atoms with Gasteiger partial charge in [0.1, 0.15) is 12.2 Å². The van der Waals surface area contributed by atoms with Crippen molar-refractivity contribution < 1.29 is 22.0 Å². The Labute approximate surface area is 86.3 Å². The van der Waals surface area contributed by atoms with Gasteiger partial charge in [-0.1, -0.05) is 0 Å². The fourth-order valence-corrected chi connectivity index (χ4v) is 1.31. The molecule has 1 radical (unpaired) electrons. The van der Waals surface area contributed by atoms with Gasteiger partial charge in [-0.2, -0.15) is 13.2 Å². The first-order chi connectivity index (χ1) is 7.37. The number of pyridine rings is 1. The molecule has 0 unspecified atom stereocenters. The average molecular weight is 235 g/mol. The van der Waals surface area contributed by atoms with Crippen LogP contribution in [0.5, 0.6) is 0 Å². The second-order valence-corrected chi connectivity index (χ2v) is 3.07. The number of fused-ring (bicyclic) bond motifs is 1. The Hall–Kier alpha value is -1.66. The maximum Gasteiger partial charge on any atom is 0.398 e. The zero-order valence-corrected chi connectivity index (χ0v) is 7.59. The van der Waals surface area contributed by atoms with Crippen LogP contribution in [0.1, 0.15) is 5.69 Å². The first-order valence-electron chi connectivity index (χ1n) is 4.11. The molecule has 0 amide bonds. The van der Waals surface area contributed by atoms with Crippen LogP contribution in [0.4, 0.5) is 22.0 Å². The monoisotopic (exact) mass is 235 g/mol. The standard InChI is InChI=1S/C9H4F5N2/c10-5-1-7(11)8-15-3-6(16(8)4-5)2-9(12,13)14/h1-4H. The third-order valence-corrected chi connectivity index (χ3v) is 1.87. The van der Waals surface area contributed by atoms with Gasteiger partial charge in [-0.05, 0) is 0 Å². The maximum atomic E-state index is 13.1. The van der Waals surface area contributed by atoms with Crippen molar-refractivity contribution in [3.05, 3.63) is 42.2 Å². The van der Waals surface area contributed by atoms with E-state index in [9.17, 15) is 22.0 Å².